The molecule has 0 spiro atoms. The van der Waals surface area contributed by atoms with Gasteiger partial charge in [-0.05, 0) is 36.2 Å². The van der Waals surface area contributed by atoms with E-state index in [0.717, 1.165) is 18.7 Å². The molecule has 1 heterocycles. The molecule has 0 bridgehead atoms. The molecule has 1 N–H and O–H groups in total. The molecule has 2 unspecified atom stereocenters. The van der Waals surface area contributed by atoms with E-state index >= 15 is 0 Å². The van der Waals surface area contributed by atoms with Crippen LogP contribution in [0.3, 0.4) is 0 Å². The number of nitrogens with one attached hydrogen (secondary N) is 1. The minimum Gasteiger partial charge on any atom is -0.488 e. The zero-order chi connectivity index (χ0) is 14.7. The van der Waals surface area contributed by atoms with Gasteiger partial charge in [0.15, 0.2) is 0 Å². The summed E-state index contributed by atoms with van der Waals surface area (Å²) in [5, 5.41) is 12.3. The van der Waals surface area contributed by atoms with Crippen LogP contribution in [-0.4, -0.2) is 12.6 Å². The Balaban J connectivity index is 1.55. The van der Waals surface area contributed by atoms with E-state index in [-0.39, 0.29) is 12.1 Å². The molecule has 0 saturated heterocycles. The lowest BCUT2D eigenvalue weighted by atomic mass is 10.1. The average Bonchev–Trinajstić information content (AvgIpc) is 2.95. The van der Waals surface area contributed by atoms with Gasteiger partial charge in [-0.2, -0.15) is 5.26 Å². The van der Waals surface area contributed by atoms with Gasteiger partial charge in [-0.25, -0.2) is 0 Å². The summed E-state index contributed by atoms with van der Waals surface area (Å²) in [5.74, 6) is 1.01. The maximum absolute atomic E-state index is 8.82. The number of rotatable bonds is 4. The molecule has 3 rings (SSSR count). The number of fused-ring (bicyclic) bond motifs is 1. The first-order chi connectivity index (χ1) is 10.3. The van der Waals surface area contributed by atoms with Crippen LogP contribution in [0.25, 0.3) is 0 Å². The fourth-order valence-corrected chi connectivity index (χ4v) is 2.64. The van der Waals surface area contributed by atoms with Crippen molar-refractivity contribution in [3.8, 4) is 11.8 Å². The molecule has 0 aromatic heterocycles. The SMILES string of the molecule is CC(NCC1Cc2ccccc2O1)c1ccc(C#N)cc1. The summed E-state index contributed by atoms with van der Waals surface area (Å²) in [6, 6.07) is 18.3. The van der Waals surface area contributed by atoms with E-state index < -0.39 is 0 Å². The van der Waals surface area contributed by atoms with Crippen LogP contribution in [0, 0.1) is 11.3 Å². The van der Waals surface area contributed by atoms with Crippen LogP contribution in [0.2, 0.25) is 0 Å². The molecule has 0 radical (unpaired) electrons. The Labute approximate surface area is 125 Å². The van der Waals surface area contributed by atoms with Crippen molar-refractivity contribution in [1.82, 2.24) is 5.32 Å². The van der Waals surface area contributed by atoms with Gasteiger partial charge in [-0.15, -0.1) is 0 Å². The van der Waals surface area contributed by atoms with Gasteiger partial charge in [0.05, 0.1) is 11.6 Å². The third-order valence-electron chi connectivity index (χ3n) is 3.91. The molecule has 106 valence electrons. The van der Waals surface area contributed by atoms with E-state index in [1.165, 1.54) is 11.1 Å². The molecule has 0 saturated carbocycles. The van der Waals surface area contributed by atoms with Gasteiger partial charge in [-0.1, -0.05) is 30.3 Å². The summed E-state index contributed by atoms with van der Waals surface area (Å²) in [6.45, 7) is 2.94. The van der Waals surface area contributed by atoms with Crippen LogP contribution in [0.5, 0.6) is 5.75 Å². The van der Waals surface area contributed by atoms with Crippen molar-refractivity contribution < 1.29 is 4.74 Å². The summed E-state index contributed by atoms with van der Waals surface area (Å²) in [4.78, 5) is 0. The smallest absolute Gasteiger partial charge is 0.123 e. The van der Waals surface area contributed by atoms with Crippen LogP contribution >= 0.6 is 0 Å². The minimum atomic E-state index is 0.197. The maximum atomic E-state index is 8.82. The number of nitriles is 1. The molecule has 0 amide bonds. The molecular weight excluding hydrogens is 260 g/mol. The van der Waals surface area contributed by atoms with Crippen molar-refractivity contribution >= 4 is 0 Å². The molecule has 1 aliphatic rings. The standard InChI is InChI=1S/C18H18N2O/c1-13(15-8-6-14(11-19)7-9-15)20-12-17-10-16-4-2-3-5-18(16)21-17/h2-9,13,17,20H,10,12H2,1H3. The Kier molecular flexibility index (Phi) is 3.89. The van der Waals surface area contributed by atoms with Crippen molar-refractivity contribution in [2.24, 2.45) is 0 Å². The predicted molar refractivity (Wildman–Crippen MR) is 82.1 cm³/mol. The van der Waals surface area contributed by atoms with Crippen LogP contribution in [0.15, 0.2) is 48.5 Å². The Hall–Kier alpha value is -2.31. The lowest BCUT2D eigenvalue weighted by Gasteiger charge is -2.17. The molecule has 0 aliphatic carbocycles. The Bertz CT molecular complexity index is 633. The Morgan fingerprint density at radius 2 is 2.00 bits per heavy atom. The first-order valence-electron chi connectivity index (χ1n) is 7.24. The highest BCUT2D eigenvalue weighted by Gasteiger charge is 2.22. The van der Waals surface area contributed by atoms with Crippen molar-refractivity contribution in [2.75, 3.05) is 6.54 Å². The van der Waals surface area contributed by atoms with Crippen LogP contribution in [0.4, 0.5) is 0 Å². The van der Waals surface area contributed by atoms with Gasteiger partial charge >= 0.3 is 0 Å². The van der Waals surface area contributed by atoms with E-state index in [1.54, 1.807) is 0 Å². The van der Waals surface area contributed by atoms with Crippen LogP contribution in [0.1, 0.15) is 29.7 Å². The first-order valence-corrected chi connectivity index (χ1v) is 7.24. The van der Waals surface area contributed by atoms with Gasteiger partial charge in [0.1, 0.15) is 11.9 Å². The van der Waals surface area contributed by atoms with Gasteiger partial charge < -0.3 is 10.1 Å². The largest absolute Gasteiger partial charge is 0.488 e. The molecule has 1 aliphatic heterocycles. The third-order valence-corrected chi connectivity index (χ3v) is 3.91. The summed E-state index contributed by atoms with van der Waals surface area (Å²) in [7, 11) is 0. The van der Waals surface area contributed by atoms with Crippen molar-refractivity contribution in [3.63, 3.8) is 0 Å². The molecule has 0 fully saturated rings. The van der Waals surface area contributed by atoms with Crippen LogP contribution < -0.4 is 10.1 Å². The van der Waals surface area contributed by atoms with E-state index in [2.05, 4.69) is 30.4 Å². The monoisotopic (exact) mass is 278 g/mol. The summed E-state index contributed by atoms with van der Waals surface area (Å²) in [6.07, 6.45) is 1.16. The highest BCUT2D eigenvalue weighted by molar-refractivity contribution is 5.37. The first kappa shape index (κ1) is 13.7. The molecule has 2 atom stereocenters. The van der Waals surface area contributed by atoms with Crippen molar-refractivity contribution in [1.29, 1.82) is 5.26 Å². The molecule has 3 nitrogen and oxygen atoms in total. The molecule has 2 aromatic carbocycles. The fraction of sp³-hybridized carbons (Fsp3) is 0.278. The highest BCUT2D eigenvalue weighted by atomic mass is 16.5. The predicted octanol–water partition coefficient (Wildman–Crippen LogP) is 3.21. The summed E-state index contributed by atoms with van der Waals surface area (Å²) >= 11 is 0. The van der Waals surface area contributed by atoms with Gasteiger partial charge in [-0.3, -0.25) is 0 Å². The quantitative estimate of drug-likeness (QED) is 0.934. The van der Waals surface area contributed by atoms with Gasteiger partial charge in [0.2, 0.25) is 0 Å². The number of hydrogen-bond acceptors (Lipinski definition) is 3. The van der Waals surface area contributed by atoms with E-state index in [0.29, 0.717) is 5.56 Å². The topological polar surface area (TPSA) is 45.0 Å². The lowest BCUT2D eigenvalue weighted by molar-refractivity contribution is 0.222. The second-order valence-corrected chi connectivity index (χ2v) is 5.42. The summed E-state index contributed by atoms with van der Waals surface area (Å²) in [5.41, 5.74) is 3.17. The number of hydrogen-bond donors (Lipinski definition) is 1. The minimum absolute atomic E-state index is 0.197. The Morgan fingerprint density at radius 1 is 1.24 bits per heavy atom. The molecule has 3 heteroatoms. The zero-order valence-electron chi connectivity index (χ0n) is 12.0. The average molecular weight is 278 g/mol. The summed E-state index contributed by atoms with van der Waals surface area (Å²) < 4.78 is 5.92. The maximum Gasteiger partial charge on any atom is 0.123 e. The van der Waals surface area contributed by atoms with Gasteiger partial charge in [0, 0.05) is 19.0 Å². The molecule has 21 heavy (non-hydrogen) atoms. The van der Waals surface area contributed by atoms with E-state index in [1.807, 2.05) is 36.4 Å². The normalized spacial score (nSPS) is 17.6. The Morgan fingerprint density at radius 3 is 2.71 bits per heavy atom. The van der Waals surface area contributed by atoms with Crippen molar-refractivity contribution in [2.45, 2.75) is 25.5 Å². The van der Waals surface area contributed by atoms with Gasteiger partial charge in [0.25, 0.3) is 0 Å². The zero-order valence-corrected chi connectivity index (χ0v) is 12.0. The van der Waals surface area contributed by atoms with Crippen molar-refractivity contribution in [3.05, 3.63) is 65.2 Å². The second kappa shape index (κ2) is 5.99. The van der Waals surface area contributed by atoms with E-state index in [9.17, 15) is 0 Å². The highest BCUT2D eigenvalue weighted by Crippen LogP contribution is 2.28. The second-order valence-electron chi connectivity index (χ2n) is 5.42. The number of ether oxygens (including phenoxy) is 1. The number of para-hydroxylation sites is 1. The van der Waals surface area contributed by atoms with Crippen LogP contribution in [-0.2, 0) is 6.42 Å². The molecule has 2 aromatic rings. The fourth-order valence-electron chi connectivity index (χ4n) is 2.64. The number of nitrogens with zero attached hydrogens (tertiary/aromatic N) is 1. The number of benzene rings is 2. The lowest BCUT2D eigenvalue weighted by Crippen LogP contribution is -2.31. The third kappa shape index (κ3) is 3.07. The van der Waals surface area contributed by atoms with E-state index in [4.69, 9.17) is 10.00 Å². The molecular formula is C18H18N2O.